The average molecular weight is 234 g/mol. The highest BCUT2D eigenvalue weighted by molar-refractivity contribution is 5.57. The minimum atomic E-state index is 1.01. The topological polar surface area (TPSA) is 25.8 Å². The molecule has 0 amide bonds. The van der Waals surface area contributed by atoms with Gasteiger partial charge in [0.2, 0.25) is 0 Å². The Labute approximate surface area is 107 Å². The van der Waals surface area contributed by atoms with Crippen LogP contribution in [0.4, 0.5) is 0 Å². The molecule has 18 heavy (non-hydrogen) atoms. The molecule has 0 bridgehead atoms. The molecule has 0 saturated heterocycles. The van der Waals surface area contributed by atoms with Crippen molar-refractivity contribution in [2.24, 2.45) is 0 Å². The van der Waals surface area contributed by atoms with Crippen molar-refractivity contribution in [3.63, 3.8) is 0 Å². The van der Waals surface area contributed by atoms with Crippen LogP contribution in [0.15, 0.2) is 48.8 Å². The average Bonchev–Trinajstić information content (AvgIpc) is 3.08. The normalized spacial score (nSPS) is 13.8. The summed E-state index contributed by atoms with van der Waals surface area (Å²) in [4.78, 5) is 8.37. The maximum Gasteiger partial charge on any atom is 0.0661 e. The molecule has 0 N–H and O–H groups in total. The van der Waals surface area contributed by atoms with E-state index in [9.17, 15) is 0 Å². The maximum atomic E-state index is 4.20. The van der Waals surface area contributed by atoms with E-state index >= 15 is 0 Å². The van der Waals surface area contributed by atoms with Crippen LogP contribution in [0.3, 0.4) is 0 Å². The fraction of sp³-hybridized carbons (Fsp3) is 0.125. The van der Waals surface area contributed by atoms with Crippen LogP contribution in [-0.2, 0) is 12.8 Å². The van der Waals surface area contributed by atoms with Gasteiger partial charge in [-0.2, -0.15) is 0 Å². The number of fused-ring (bicyclic) bond motifs is 2. The minimum absolute atomic E-state index is 1.01. The van der Waals surface area contributed by atoms with Gasteiger partial charge in [-0.1, -0.05) is 30.4 Å². The molecular formula is C16H14N2. The predicted molar refractivity (Wildman–Crippen MR) is 74.0 cm³/mol. The summed E-state index contributed by atoms with van der Waals surface area (Å²) in [5.41, 5.74) is 4.96. The fourth-order valence-electron chi connectivity index (χ4n) is 2.14. The summed E-state index contributed by atoms with van der Waals surface area (Å²) < 4.78 is 0. The number of pyridine rings is 2. The SMILES string of the molecule is C1=Cc2cccnc2C1.C1=Cc2ncccc2C1. The van der Waals surface area contributed by atoms with E-state index in [1.807, 2.05) is 24.5 Å². The quantitative estimate of drug-likeness (QED) is 0.699. The minimum Gasteiger partial charge on any atom is -0.260 e. The first-order valence-electron chi connectivity index (χ1n) is 6.14. The molecule has 0 fully saturated rings. The van der Waals surface area contributed by atoms with E-state index in [2.05, 4.69) is 46.4 Å². The van der Waals surface area contributed by atoms with Crippen molar-refractivity contribution in [1.82, 2.24) is 9.97 Å². The highest BCUT2D eigenvalue weighted by atomic mass is 14.7. The molecule has 2 aliphatic carbocycles. The molecule has 2 aliphatic rings. The van der Waals surface area contributed by atoms with Gasteiger partial charge in [-0.25, -0.2) is 0 Å². The summed E-state index contributed by atoms with van der Waals surface area (Å²) >= 11 is 0. The summed E-state index contributed by atoms with van der Waals surface area (Å²) in [7, 11) is 0. The zero-order valence-corrected chi connectivity index (χ0v) is 10.1. The highest BCUT2D eigenvalue weighted by Crippen LogP contribution is 2.15. The van der Waals surface area contributed by atoms with Gasteiger partial charge >= 0.3 is 0 Å². The Bertz CT molecular complexity index is 556. The molecule has 2 aromatic heterocycles. The van der Waals surface area contributed by atoms with E-state index in [4.69, 9.17) is 0 Å². The van der Waals surface area contributed by atoms with E-state index in [-0.39, 0.29) is 0 Å². The molecule has 0 aliphatic heterocycles. The van der Waals surface area contributed by atoms with E-state index in [1.165, 1.54) is 16.8 Å². The molecule has 0 radical (unpaired) electrons. The van der Waals surface area contributed by atoms with E-state index in [0.717, 1.165) is 18.5 Å². The van der Waals surface area contributed by atoms with Gasteiger partial charge in [-0.3, -0.25) is 9.97 Å². The smallest absolute Gasteiger partial charge is 0.0661 e. The summed E-state index contributed by atoms with van der Waals surface area (Å²) in [5, 5.41) is 0. The Morgan fingerprint density at radius 1 is 0.833 bits per heavy atom. The molecule has 0 aromatic carbocycles. The van der Waals surface area contributed by atoms with Gasteiger partial charge in [0, 0.05) is 18.8 Å². The molecule has 0 atom stereocenters. The highest BCUT2D eigenvalue weighted by Gasteiger charge is 2.02. The number of aromatic nitrogens is 2. The first-order chi connectivity index (χ1) is 8.93. The lowest BCUT2D eigenvalue weighted by Gasteiger charge is -1.92. The second-order valence-electron chi connectivity index (χ2n) is 4.30. The standard InChI is InChI=1S/2C8H7N/c2*1-3-7-4-2-6-9-8(7)5-1/h1-2,4-6H,3H2;1-4,6H,5H2. The third-order valence-corrected chi connectivity index (χ3v) is 3.07. The van der Waals surface area contributed by atoms with Crippen LogP contribution in [0.2, 0.25) is 0 Å². The lowest BCUT2D eigenvalue weighted by Crippen LogP contribution is -1.83. The van der Waals surface area contributed by atoms with Crippen molar-refractivity contribution in [3.05, 3.63) is 71.3 Å². The van der Waals surface area contributed by atoms with Crippen molar-refractivity contribution in [2.45, 2.75) is 12.8 Å². The first kappa shape index (κ1) is 10.9. The van der Waals surface area contributed by atoms with Crippen molar-refractivity contribution in [1.29, 1.82) is 0 Å². The van der Waals surface area contributed by atoms with Gasteiger partial charge in [0.25, 0.3) is 0 Å². The third kappa shape index (κ3) is 2.23. The Morgan fingerprint density at radius 2 is 1.67 bits per heavy atom. The second-order valence-corrected chi connectivity index (χ2v) is 4.30. The van der Waals surface area contributed by atoms with Gasteiger partial charge in [0.15, 0.2) is 0 Å². The third-order valence-electron chi connectivity index (χ3n) is 3.07. The zero-order chi connectivity index (χ0) is 12.2. The molecule has 0 saturated carbocycles. The van der Waals surface area contributed by atoms with Gasteiger partial charge in [0.05, 0.1) is 11.4 Å². The number of rotatable bonds is 0. The second kappa shape index (κ2) is 4.96. The van der Waals surface area contributed by atoms with Crippen LogP contribution in [0.25, 0.3) is 12.2 Å². The van der Waals surface area contributed by atoms with Gasteiger partial charge in [-0.15, -0.1) is 0 Å². The largest absolute Gasteiger partial charge is 0.260 e. The van der Waals surface area contributed by atoms with Crippen LogP contribution in [0, 0.1) is 0 Å². The lowest BCUT2D eigenvalue weighted by molar-refractivity contribution is 1.13. The molecule has 4 rings (SSSR count). The van der Waals surface area contributed by atoms with Crippen LogP contribution in [-0.4, -0.2) is 9.97 Å². The molecule has 0 unspecified atom stereocenters. The van der Waals surface area contributed by atoms with Crippen LogP contribution in [0.1, 0.15) is 22.5 Å². The van der Waals surface area contributed by atoms with E-state index in [1.54, 1.807) is 0 Å². The summed E-state index contributed by atoms with van der Waals surface area (Å²) in [5.74, 6) is 0. The summed E-state index contributed by atoms with van der Waals surface area (Å²) in [6.07, 6.45) is 14.2. The molecular weight excluding hydrogens is 220 g/mol. The summed E-state index contributed by atoms with van der Waals surface area (Å²) in [6, 6.07) is 8.15. The first-order valence-corrected chi connectivity index (χ1v) is 6.14. The van der Waals surface area contributed by atoms with Gasteiger partial charge in [0.1, 0.15) is 0 Å². The fourth-order valence-corrected chi connectivity index (χ4v) is 2.14. The molecule has 2 aromatic rings. The van der Waals surface area contributed by atoms with Crippen molar-refractivity contribution in [2.75, 3.05) is 0 Å². The Kier molecular flexibility index (Phi) is 3.01. The van der Waals surface area contributed by atoms with Gasteiger partial charge < -0.3 is 0 Å². The molecule has 88 valence electrons. The number of hydrogen-bond acceptors (Lipinski definition) is 2. The molecule has 2 nitrogen and oxygen atoms in total. The number of nitrogens with zero attached hydrogens (tertiary/aromatic N) is 2. The van der Waals surface area contributed by atoms with Crippen molar-refractivity contribution in [3.8, 4) is 0 Å². The van der Waals surface area contributed by atoms with E-state index < -0.39 is 0 Å². The summed E-state index contributed by atoms with van der Waals surface area (Å²) in [6.45, 7) is 0. The molecule has 2 heteroatoms. The van der Waals surface area contributed by atoms with Gasteiger partial charge in [-0.05, 0) is 35.8 Å². The van der Waals surface area contributed by atoms with Crippen LogP contribution < -0.4 is 0 Å². The van der Waals surface area contributed by atoms with Crippen LogP contribution >= 0.6 is 0 Å². The van der Waals surface area contributed by atoms with E-state index in [0.29, 0.717) is 0 Å². The number of allylic oxidation sites excluding steroid dienone is 2. The van der Waals surface area contributed by atoms with Crippen LogP contribution in [0.5, 0.6) is 0 Å². The Balaban J connectivity index is 0.000000111. The lowest BCUT2D eigenvalue weighted by atomic mass is 10.2. The Morgan fingerprint density at radius 3 is 2.56 bits per heavy atom. The zero-order valence-electron chi connectivity index (χ0n) is 10.1. The van der Waals surface area contributed by atoms with Crippen molar-refractivity contribution >= 4 is 12.2 Å². The monoisotopic (exact) mass is 234 g/mol. The Hall–Kier alpha value is -2.22. The number of hydrogen-bond donors (Lipinski definition) is 0. The molecule has 2 heterocycles. The molecule has 0 spiro atoms. The van der Waals surface area contributed by atoms with Crippen molar-refractivity contribution < 1.29 is 0 Å². The maximum absolute atomic E-state index is 4.20. The predicted octanol–water partition coefficient (Wildman–Crippen LogP) is 3.30.